The topological polar surface area (TPSA) is 120 Å². The Morgan fingerprint density at radius 1 is 1.24 bits per heavy atom. The van der Waals surface area contributed by atoms with Crippen LogP contribution in [0.2, 0.25) is 0 Å². The molecule has 0 saturated heterocycles. The monoisotopic (exact) mass is 298 g/mol. The van der Waals surface area contributed by atoms with Gasteiger partial charge in [0.15, 0.2) is 5.78 Å². The van der Waals surface area contributed by atoms with Crippen LogP contribution in [0.3, 0.4) is 0 Å². The fourth-order valence-corrected chi connectivity index (χ4v) is 1.65. The highest BCUT2D eigenvalue weighted by Crippen LogP contribution is 2.26. The normalized spacial score (nSPS) is 11.7. The molecule has 0 aliphatic carbocycles. The van der Waals surface area contributed by atoms with Gasteiger partial charge in [0.25, 0.3) is 11.4 Å². The standard InChI is InChI=1S/C12H11FN2O6/c1-2-3-10(16)11(13)12(17)8-5-4-7(14(18)19)6-9(8)15(20)21/h4-6,11H,2-3H2,1H3. The lowest BCUT2D eigenvalue weighted by Crippen LogP contribution is -2.26. The summed E-state index contributed by atoms with van der Waals surface area (Å²) in [5.74, 6) is -2.34. The van der Waals surface area contributed by atoms with Gasteiger partial charge in [-0.25, -0.2) is 4.39 Å². The van der Waals surface area contributed by atoms with Crippen LogP contribution in [0, 0.1) is 20.2 Å². The Balaban J connectivity index is 3.23. The largest absolute Gasteiger partial charge is 0.296 e. The van der Waals surface area contributed by atoms with E-state index in [9.17, 15) is 34.2 Å². The fraction of sp³-hybridized carbons (Fsp3) is 0.333. The van der Waals surface area contributed by atoms with Crippen molar-refractivity contribution in [3.63, 3.8) is 0 Å². The van der Waals surface area contributed by atoms with Crippen molar-refractivity contribution < 1.29 is 23.8 Å². The molecule has 0 aliphatic heterocycles. The van der Waals surface area contributed by atoms with Crippen LogP contribution in [0.5, 0.6) is 0 Å². The molecule has 0 spiro atoms. The third-order valence-electron chi connectivity index (χ3n) is 2.66. The minimum atomic E-state index is -2.51. The molecule has 0 amide bonds. The number of hydrogen-bond donors (Lipinski definition) is 0. The van der Waals surface area contributed by atoms with Gasteiger partial charge in [0, 0.05) is 12.5 Å². The number of ketones is 2. The van der Waals surface area contributed by atoms with E-state index >= 15 is 0 Å². The zero-order valence-electron chi connectivity index (χ0n) is 10.9. The second kappa shape index (κ2) is 6.64. The maximum absolute atomic E-state index is 13.7. The Morgan fingerprint density at radius 3 is 2.33 bits per heavy atom. The van der Waals surface area contributed by atoms with Crippen molar-refractivity contribution in [2.75, 3.05) is 0 Å². The van der Waals surface area contributed by atoms with E-state index in [1.165, 1.54) is 0 Å². The van der Waals surface area contributed by atoms with Gasteiger partial charge in [-0.2, -0.15) is 0 Å². The Kier molecular flexibility index (Phi) is 5.17. The van der Waals surface area contributed by atoms with Gasteiger partial charge in [0.05, 0.1) is 21.5 Å². The molecule has 8 nitrogen and oxygen atoms in total. The zero-order valence-corrected chi connectivity index (χ0v) is 10.9. The van der Waals surface area contributed by atoms with E-state index in [2.05, 4.69) is 0 Å². The molecule has 1 unspecified atom stereocenters. The third kappa shape index (κ3) is 3.65. The summed E-state index contributed by atoms with van der Waals surface area (Å²) in [6.45, 7) is 1.61. The number of alkyl halides is 1. The number of non-ortho nitro benzene ring substituents is 1. The van der Waals surface area contributed by atoms with Gasteiger partial charge < -0.3 is 0 Å². The number of rotatable bonds is 7. The number of benzene rings is 1. The molecular weight excluding hydrogens is 287 g/mol. The summed E-state index contributed by atoms with van der Waals surface area (Å²) in [5, 5.41) is 21.4. The SMILES string of the molecule is CCCC(=O)C(F)C(=O)c1ccc([N+](=O)[O-])cc1[N+](=O)[O-]. The van der Waals surface area contributed by atoms with E-state index in [0.29, 0.717) is 12.5 Å². The number of hydrogen-bond acceptors (Lipinski definition) is 6. The Hall–Kier alpha value is -2.71. The summed E-state index contributed by atoms with van der Waals surface area (Å²) in [6.07, 6.45) is -2.35. The van der Waals surface area contributed by atoms with E-state index < -0.39 is 44.5 Å². The minimum absolute atomic E-state index is 0.173. The summed E-state index contributed by atoms with van der Waals surface area (Å²) in [7, 11) is 0. The van der Waals surface area contributed by atoms with Crippen LogP contribution in [0.15, 0.2) is 18.2 Å². The Bertz CT molecular complexity index is 616. The minimum Gasteiger partial charge on any atom is -0.296 e. The molecule has 1 atom stereocenters. The highest BCUT2D eigenvalue weighted by atomic mass is 19.1. The molecule has 0 aromatic heterocycles. The van der Waals surface area contributed by atoms with E-state index in [1.54, 1.807) is 6.92 Å². The number of nitro benzene ring substituents is 2. The Morgan fingerprint density at radius 2 is 1.86 bits per heavy atom. The smallest absolute Gasteiger partial charge is 0.287 e. The van der Waals surface area contributed by atoms with E-state index in [1.807, 2.05) is 0 Å². The van der Waals surface area contributed by atoms with Gasteiger partial charge in [0.1, 0.15) is 0 Å². The van der Waals surface area contributed by atoms with Crippen molar-refractivity contribution >= 4 is 22.9 Å². The van der Waals surface area contributed by atoms with Gasteiger partial charge >= 0.3 is 0 Å². The summed E-state index contributed by atoms with van der Waals surface area (Å²) >= 11 is 0. The van der Waals surface area contributed by atoms with Crippen LogP contribution in [0.25, 0.3) is 0 Å². The summed E-state index contributed by atoms with van der Waals surface area (Å²) in [6, 6.07) is 2.19. The fourth-order valence-electron chi connectivity index (χ4n) is 1.65. The highest BCUT2D eigenvalue weighted by molar-refractivity contribution is 6.14. The van der Waals surface area contributed by atoms with Crippen molar-refractivity contribution in [3.8, 4) is 0 Å². The number of nitro groups is 2. The van der Waals surface area contributed by atoms with Crippen LogP contribution in [-0.4, -0.2) is 27.6 Å². The molecule has 112 valence electrons. The van der Waals surface area contributed by atoms with Crippen molar-refractivity contribution in [3.05, 3.63) is 44.0 Å². The molecule has 0 saturated carbocycles. The first-order chi connectivity index (χ1) is 9.79. The molecule has 0 fully saturated rings. The van der Waals surface area contributed by atoms with Crippen LogP contribution in [0.4, 0.5) is 15.8 Å². The quantitative estimate of drug-likeness (QED) is 0.330. The molecular formula is C12H11FN2O6. The van der Waals surface area contributed by atoms with Crippen molar-refractivity contribution in [2.45, 2.75) is 25.9 Å². The van der Waals surface area contributed by atoms with E-state index in [-0.39, 0.29) is 6.42 Å². The van der Waals surface area contributed by atoms with Gasteiger partial charge in [-0.3, -0.25) is 29.8 Å². The van der Waals surface area contributed by atoms with Crippen molar-refractivity contribution in [2.24, 2.45) is 0 Å². The van der Waals surface area contributed by atoms with Gasteiger partial charge in [-0.1, -0.05) is 6.92 Å². The second-order valence-corrected chi connectivity index (χ2v) is 4.16. The van der Waals surface area contributed by atoms with Crippen LogP contribution < -0.4 is 0 Å². The molecule has 0 radical (unpaired) electrons. The molecule has 21 heavy (non-hydrogen) atoms. The van der Waals surface area contributed by atoms with Crippen LogP contribution in [0.1, 0.15) is 30.1 Å². The maximum Gasteiger partial charge on any atom is 0.287 e. The zero-order chi connectivity index (χ0) is 16.2. The third-order valence-corrected chi connectivity index (χ3v) is 2.66. The number of halogens is 1. The van der Waals surface area contributed by atoms with Gasteiger partial charge in [-0.05, 0) is 12.5 Å². The number of carbonyl (C=O) groups excluding carboxylic acids is 2. The molecule has 1 aromatic carbocycles. The molecule has 0 N–H and O–H groups in total. The predicted octanol–water partition coefficient (Wildman–Crippen LogP) is 2.39. The average molecular weight is 298 g/mol. The molecule has 9 heteroatoms. The van der Waals surface area contributed by atoms with Crippen molar-refractivity contribution in [1.82, 2.24) is 0 Å². The first kappa shape index (κ1) is 16.3. The molecule has 0 heterocycles. The van der Waals surface area contributed by atoms with Crippen molar-refractivity contribution in [1.29, 1.82) is 0 Å². The van der Waals surface area contributed by atoms with Crippen LogP contribution in [-0.2, 0) is 4.79 Å². The number of nitrogens with zero attached hydrogens (tertiary/aromatic N) is 2. The lowest BCUT2D eigenvalue weighted by Gasteiger charge is -2.06. The van der Waals surface area contributed by atoms with Crippen LogP contribution >= 0.6 is 0 Å². The lowest BCUT2D eigenvalue weighted by atomic mass is 10.00. The number of carbonyl (C=O) groups is 2. The van der Waals surface area contributed by atoms with Gasteiger partial charge in [0.2, 0.25) is 12.0 Å². The molecule has 1 rings (SSSR count). The van der Waals surface area contributed by atoms with Gasteiger partial charge in [-0.15, -0.1) is 0 Å². The summed E-state index contributed by atoms with van der Waals surface area (Å²) < 4.78 is 13.7. The maximum atomic E-state index is 13.7. The first-order valence-corrected chi connectivity index (χ1v) is 5.93. The summed E-state index contributed by atoms with van der Waals surface area (Å²) in [4.78, 5) is 42.6. The predicted molar refractivity (Wildman–Crippen MR) is 68.9 cm³/mol. The first-order valence-electron chi connectivity index (χ1n) is 5.93. The Labute approximate surface area is 117 Å². The van der Waals surface area contributed by atoms with E-state index in [0.717, 1.165) is 12.1 Å². The molecule has 0 aliphatic rings. The molecule has 1 aromatic rings. The summed E-state index contributed by atoms with van der Waals surface area (Å²) in [5.41, 5.74) is -2.17. The number of Topliss-reactive ketones (excluding diaryl/α,β-unsaturated/α-hetero) is 2. The lowest BCUT2D eigenvalue weighted by molar-refractivity contribution is -0.394. The highest BCUT2D eigenvalue weighted by Gasteiger charge is 2.32. The molecule has 0 bridgehead atoms. The average Bonchev–Trinajstić information content (AvgIpc) is 2.45. The van der Waals surface area contributed by atoms with E-state index in [4.69, 9.17) is 0 Å². The second-order valence-electron chi connectivity index (χ2n) is 4.16.